The second-order valence-corrected chi connectivity index (χ2v) is 8.00. The number of hydrogen-bond acceptors (Lipinski definition) is 3. The Kier molecular flexibility index (Phi) is 8.66. The number of nitrogens with one attached hydrogen (secondary N) is 1. The SMILES string of the molecule is CCCC(CCCO)Sc1cc(C(=O)Nc2cc(F)c(F)c(F)c2)ccc1Cl. The zero-order chi connectivity index (χ0) is 20.7. The van der Waals surface area contributed by atoms with Crippen molar-refractivity contribution in [2.24, 2.45) is 0 Å². The van der Waals surface area contributed by atoms with E-state index in [0.717, 1.165) is 19.3 Å². The Balaban J connectivity index is 2.17. The minimum atomic E-state index is -1.59. The molecule has 0 saturated heterocycles. The second-order valence-electron chi connectivity index (χ2n) is 6.25. The molecule has 0 aliphatic carbocycles. The topological polar surface area (TPSA) is 49.3 Å². The van der Waals surface area contributed by atoms with E-state index in [4.69, 9.17) is 16.7 Å². The number of hydrogen-bond donors (Lipinski definition) is 2. The molecule has 152 valence electrons. The molecule has 0 bridgehead atoms. The van der Waals surface area contributed by atoms with Crippen LogP contribution in [0.2, 0.25) is 5.02 Å². The third-order valence-corrected chi connectivity index (χ3v) is 5.86. The van der Waals surface area contributed by atoms with Crippen LogP contribution in [0, 0.1) is 17.5 Å². The van der Waals surface area contributed by atoms with Gasteiger partial charge in [-0.25, -0.2) is 13.2 Å². The molecule has 0 aliphatic rings. The number of aliphatic hydroxyl groups is 1. The van der Waals surface area contributed by atoms with Crippen LogP contribution in [-0.4, -0.2) is 22.9 Å². The summed E-state index contributed by atoms with van der Waals surface area (Å²) in [6, 6.07) is 6.13. The van der Waals surface area contributed by atoms with Crippen molar-refractivity contribution in [2.75, 3.05) is 11.9 Å². The molecule has 2 aromatic rings. The molecule has 0 aromatic heterocycles. The van der Waals surface area contributed by atoms with Gasteiger partial charge in [0.1, 0.15) is 0 Å². The van der Waals surface area contributed by atoms with E-state index in [1.165, 1.54) is 17.8 Å². The Morgan fingerprint density at radius 3 is 2.46 bits per heavy atom. The first kappa shape index (κ1) is 22.6. The number of anilines is 1. The average Bonchev–Trinajstić information content (AvgIpc) is 2.65. The maximum Gasteiger partial charge on any atom is 0.255 e. The average molecular weight is 432 g/mol. The molecule has 0 saturated carbocycles. The molecular formula is C20H21ClF3NO2S. The summed E-state index contributed by atoms with van der Waals surface area (Å²) in [6.45, 7) is 2.18. The Hall–Kier alpha value is -1.70. The normalized spacial score (nSPS) is 12.1. The molecule has 0 aliphatic heterocycles. The molecule has 1 unspecified atom stereocenters. The van der Waals surface area contributed by atoms with Crippen molar-refractivity contribution in [1.29, 1.82) is 0 Å². The number of halogens is 4. The fraction of sp³-hybridized carbons (Fsp3) is 0.350. The van der Waals surface area contributed by atoms with Gasteiger partial charge in [-0.1, -0.05) is 24.9 Å². The third-order valence-electron chi connectivity index (χ3n) is 4.02. The molecule has 0 radical (unpaired) electrons. The quantitative estimate of drug-likeness (QED) is 0.375. The van der Waals surface area contributed by atoms with Crippen molar-refractivity contribution in [2.45, 2.75) is 42.8 Å². The molecule has 8 heteroatoms. The van der Waals surface area contributed by atoms with E-state index in [9.17, 15) is 18.0 Å². The molecule has 0 spiro atoms. The lowest BCUT2D eigenvalue weighted by Crippen LogP contribution is -2.13. The van der Waals surface area contributed by atoms with Crippen LogP contribution < -0.4 is 5.32 Å². The van der Waals surface area contributed by atoms with E-state index in [-0.39, 0.29) is 23.1 Å². The summed E-state index contributed by atoms with van der Waals surface area (Å²) in [6.07, 6.45) is 3.40. The Morgan fingerprint density at radius 2 is 1.86 bits per heavy atom. The molecular weight excluding hydrogens is 411 g/mol. The van der Waals surface area contributed by atoms with E-state index in [2.05, 4.69) is 12.2 Å². The number of aliphatic hydroxyl groups excluding tert-OH is 1. The third kappa shape index (κ3) is 6.15. The van der Waals surface area contributed by atoms with Crippen molar-refractivity contribution in [3.63, 3.8) is 0 Å². The summed E-state index contributed by atoms with van der Waals surface area (Å²) in [5, 5.41) is 12.1. The van der Waals surface area contributed by atoms with Crippen molar-refractivity contribution in [3.05, 3.63) is 58.4 Å². The first-order chi connectivity index (χ1) is 13.3. The zero-order valence-electron chi connectivity index (χ0n) is 15.3. The standard InChI is InChI=1S/C20H21ClF3NO2S/c1-2-4-14(5-3-8-26)28-18-9-12(6-7-15(18)21)20(27)25-13-10-16(22)19(24)17(23)11-13/h6-7,9-11,14,26H,2-5,8H2,1H3,(H,25,27). The highest BCUT2D eigenvalue weighted by Gasteiger charge is 2.16. The Labute approximate surface area is 171 Å². The minimum absolute atomic E-state index is 0.113. The fourth-order valence-electron chi connectivity index (χ4n) is 2.65. The Bertz CT molecular complexity index is 812. The van der Waals surface area contributed by atoms with Gasteiger partial charge in [-0.05, 0) is 37.5 Å². The van der Waals surface area contributed by atoms with Gasteiger partial charge in [-0.2, -0.15) is 0 Å². The first-order valence-electron chi connectivity index (χ1n) is 8.88. The zero-order valence-corrected chi connectivity index (χ0v) is 16.8. The predicted octanol–water partition coefficient (Wildman–Crippen LogP) is 6.04. The summed E-state index contributed by atoms with van der Waals surface area (Å²) in [7, 11) is 0. The highest BCUT2D eigenvalue weighted by atomic mass is 35.5. The summed E-state index contributed by atoms with van der Waals surface area (Å²) in [5.74, 6) is -4.94. The summed E-state index contributed by atoms with van der Waals surface area (Å²) >= 11 is 7.79. The fourth-order valence-corrected chi connectivity index (χ4v) is 4.27. The Morgan fingerprint density at radius 1 is 1.18 bits per heavy atom. The van der Waals surface area contributed by atoms with Gasteiger partial charge in [-0.3, -0.25) is 4.79 Å². The maximum absolute atomic E-state index is 13.3. The van der Waals surface area contributed by atoms with E-state index in [1.807, 2.05) is 0 Å². The van der Waals surface area contributed by atoms with Crippen LogP contribution in [-0.2, 0) is 0 Å². The van der Waals surface area contributed by atoms with E-state index in [0.29, 0.717) is 28.5 Å². The van der Waals surface area contributed by atoms with Crippen LogP contribution in [0.3, 0.4) is 0 Å². The molecule has 0 fully saturated rings. The maximum atomic E-state index is 13.3. The smallest absolute Gasteiger partial charge is 0.255 e. The van der Waals surface area contributed by atoms with Crippen LogP contribution in [0.5, 0.6) is 0 Å². The van der Waals surface area contributed by atoms with Gasteiger partial charge in [0, 0.05) is 40.1 Å². The second kappa shape index (κ2) is 10.7. The molecule has 2 aromatic carbocycles. The van der Waals surface area contributed by atoms with Crippen molar-refractivity contribution >= 4 is 35.0 Å². The van der Waals surface area contributed by atoms with E-state index >= 15 is 0 Å². The van der Waals surface area contributed by atoms with Crippen molar-refractivity contribution in [3.8, 4) is 0 Å². The van der Waals surface area contributed by atoms with Gasteiger partial charge >= 0.3 is 0 Å². The van der Waals surface area contributed by atoms with Gasteiger partial charge in [0.2, 0.25) is 0 Å². The van der Waals surface area contributed by atoms with Crippen LogP contribution in [0.15, 0.2) is 35.2 Å². The predicted molar refractivity (Wildman–Crippen MR) is 107 cm³/mol. The summed E-state index contributed by atoms with van der Waals surface area (Å²) in [5.41, 5.74) is 0.0757. The van der Waals surface area contributed by atoms with Gasteiger partial charge in [0.15, 0.2) is 17.5 Å². The van der Waals surface area contributed by atoms with E-state index in [1.54, 1.807) is 12.1 Å². The molecule has 3 nitrogen and oxygen atoms in total. The number of rotatable bonds is 9. The van der Waals surface area contributed by atoms with Crippen LogP contribution >= 0.6 is 23.4 Å². The highest BCUT2D eigenvalue weighted by Crippen LogP contribution is 2.35. The monoisotopic (exact) mass is 431 g/mol. The van der Waals surface area contributed by atoms with Crippen molar-refractivity contribution < 1.29 is 23.1 Å². The molecule has 1 atom stereocenters. The van der Waals surface area contributed by atoms with Gasteiger partial charge < -0.3 is 10.4 Å². The summed E-state index contributed by atoms with van der Waals surface area (Å²) < 4.78 is 39.7. The van der Waals surface area contributed by atoms with Gasteiger partial charge in [0.25, 0.3) is 5.91 Å². The number of carbonyl (C=O) groups is 1. The number of benzene rings is 2. The lowest BCUT2D eigenvalue weighted by atomic mass is 10.1. The molecule has 2 rings (SSSR count). The first-order valence-corrected chi connectivity index (χ1v) is 10.1. The summed E-state index contributed by atoms with van der Waals surface area (Å²) in [4.78, 5) is 13.1. The largest absolute Gasteiger partial charge is 0.396 e. The molecule has 28 heavy (non-hydrogen) atoms. The lowest BCUT2D eigenvalue weighted by Gasteiger charge is -2.17. The molecule has 0 heterocycles. The van der Waals surface area contributed by atoms with Gasteiger partial charge in [-0.15, -0.1) is 11.8 Å². The van der Waals surface area contributed by atoms with Crippen LogP contribution in [0.4, 0.5) is 18.9 Å². The van der Waals surface area contributed by atoms with Crippen LogP contribution in [0.25, 0.3) is 0 Å². The number of carbonyl (C=O) groups excluding carboxylic acids is 1. The highest BCUT2D eigenvalue weighted by molar-refractivity contribution is 8.00. The van der Waals surface area contributed by atoms with Crippen LogP contribution in [0.1, 0.15) is 43.0 Å². The molecule has 2 N–H and O–H groups in total. The lowest BCUT2D eigenvalue weighted by molar-refractivity contribution is 0.102. The van der Waals surface area contributed by atoms with Crippen molar-refractivity contribution in [1.82, 2.24) is 0 Å². The van der Waals surface area contributed by atoms with E-state index < -0.39 is 23.4 Å². The van der Waals surface area contributed by atoms with Gasteiger partial charge in [0.05, 0.1) is 5.02 Å². The minimum Gasteiger partial charge on any atom is -0.396 e. The molecule has 1 amide bonds. The number of thioether (sulfide) groups is 1. The number of amides is 1.